The molecule has 3 aromatic carbocycles. The van der Waals surface area contributed by atoms with Gasteiger partial charge in [-0.3, -0.25) is 4.79 Å². The quantitative estimate of drug-likeness (QED) is 0.469. The molecule has 0 aliphatic heterocycles. The Morgan fingerprint density at radius 1 is 1.00 bits per heavy atom. The molecular formula is C25H25N3O2. The van der Waals surface area contributed by atoms with Gasteiger partial charge in [-0.05, 0) is 49.2 Å². The van der Waals surface area contributed by atoms with Gasteiger partial charge in [0.2, 0.25) is 5.91 Å². The zero-order chi connectivity index (χ0) is 20.9. The van der Waals surface area contributed by atoms with Gasteiger partial charge in [-0.2, -0.15) is 0 Å². The number of hydrogen-bond donors (Lipinski definition) is 1. The average molecular weight is 399 g/mol. The second-order valence-corrected chi connectivity index (χ2v) is 7.26. The number of nitrogens with zero attached hydrogens (tertiary/aromatic N) is 2. The van der Waals surface area contributed by atoms with E-state index in [0.29, 0.717) is 0 Å². The summed E-state index contributed by atoms with van der Waals surface area (Å²) >= 11 is 0. The molecule has 0 unspecified atom stereocenters. The Bertz CT molecular complexity index is 1160. The number of nitrogens with one attached hydrogen (secondary N) is 1. The van der Waals surface area contributed by atoms with Crippen LogP contribution in [0.1, 0.15) is 23.9 Å². The minimum absolute atomic E-state index is 0.0874. The van der Waals surface area contributed by atoms with Crippen LogP contribution in [0.4, 0.5) is 5.69 Å². The molecule has 0 radical (unpaired) electrons. The Morgan fingerprint density at radius 3 is 2.53 bits per heavy atom. The highest BCUT2D eigenvalue weighted by atomic mass is 16.5. The minimum Gasteiger partial charge on any atom is -0.486 e. The second kappa shape index (κ2) is 8.82. The number of para-hydroxylation sites is 3. The molecule has 5 heteroatoms. The number of aryl methyl sites for hydroxylation is 2. The Hall–Kier alpha value is -3.60. The molecule has 0 aliphatic rings. The fourth-order valence-electron chi connectivity index (χ4n) is 3.48. The van der Waals surface area contributed by atoms with Gasteiger partial charge in [0.05, 0.1) is 11.0 Å². The number of amides is 1. The molecule has 30 heavy (non-hydrogen) atoms. The lowest BCUT2D eigenvalue weighted by molar-refractivity contribution is -0.116. The van der Waals surface area contributed by atoms with E-state index in [0.717, 1.165) is 40.3 Å². The third-order valence-corrected chi connectivity index (χ3v) is 5.10. The summed E-state index contributed by atoms with van der Waals surface area (Å²) in [5, 5.41) is 3.04. The minimum atomic E-state index is -0.0874. The van der Waals surface area contributed by atoms with Gasteiger partial charge in [-0.1, -0.05) is 55.0 Å². The van der Waals surface area contributed by atoms with Gasteiger partial charge < -0.3 is 14.6 Å². The first-order valence-corrected chi connectivity index (χ1v) is 10.2. The summed E-state index contributed by atoms with van der Waals surface area (Å²) in [6.45, 7) is 4.58. The number of imidazole rings is 1. The van der Waals surface area contributed by atoms with E-state index in [4.69, 9.17) is 9.72 Å². The van der Waals surface area contributed by atoms with Crippen LogP contribution in [0.25, 0.3) is 11.0 Å². The third-order valence-electron chi connectivity index (χ3n) is 5.10. The molecule has 1 heterocycles. The topological polar surface area (TPSA) is 56.2 Å². The van der Waals surface area contributed by atoms with Gasteiger partial charge in [0.15, 0.2) is 0 Å². The Kier molecular flexibility index (Phi) is 5.80. The van der Waals surface area contributed by atoms with Crippen molar-refractivity contribution in [2.45, 2.75) is 33.4 Å². The molecule has 0 bridgehead atoms. The van der Waals surface area contributed by atoms with Crippen molar-refractivity contribution in [1.82, 2.24) is 9.55 Å². The second-order valence-electron chi connectivity index (χ2n) is 7.26. The fourth-order valence-corrected chi connectivity index (χ4v) is 3.48. The van der Waals surface area contributed by atoms with Gasteiger partial charge in [0, 0.05) is 5.69 Å². The highest BCUT2D eigenvalue weighted by molar-refractivity contribution is 5.92. The molecular weight excluding hydrogens is 374 g/mol. The van der Waals surface area contributed by atoms with Crippen molar-refractivity contribution in [3.63, 3.8) is 0 Å². The van der Waals surface area contributed by atoms with E-state index in [1.54, 1.807) is 0 Å². The largest absolute Gasteiger partial charge is 0.486 e. The molecule has 0 saturated heterocycles. The molecule has 152 valence electrons. The smallest absolute Gasteiger partial charge is 0.244 e. The molecule has 1 N–H and O–H groups in total. The van der Waals surface area contributed by atoms with E-state index in [1.807, 2.05) is 84.3 Å². The van der Waals surface area contributed by atoms with Crippen LogP contribution in [0.15, 0.2) is 72.8 Å². The monoisotopic (exact) mass is 399 g/mol. The van der Waals surface area contributed by atoms with Crippen molar-refractivity contribution in [3.05, 3.63) is 89.7 Å². The predicted molar refractivity (Wildman–Crippen MR) is 120 cm³/mol. The normalized spacial score (nSPS) is 10.9. The highest BCUT2D eigenvalue weighted by Crippen LogP contribution is 2.20. The molecule has 4 aromatic rings. The van der Waals surface area contributed by atoms with E-state index in [9.17, 15) is 4.79 Å². The van der Waals surface area contributed by atoms with E-state index in [1.165, 1.54) is 5.56 Å². The number of hydrogen-bond acceptors (Lipinski definition) is 3. The molecule has 5 nitrogen and oxygen atoms in total. The van der Waals surface area contributed by atoms with Gasteiger partial charge in [-0.15, -0.1) is 0 Å². The fraction of sp³-hybridized carbons (Fsp3) is 0.200. The summed E-state index contributed by atoms with van der Waals surface area (Å²) in [7, 11) is 0. The van der Waals surface area contributed by atoms with E-state index >= 15 is 0 Å². The van der Waals surface area contributed by atoms with Crippen molar-refractivity contribution in [1.29, 1.82) is 0 Å². The van der Waals surface area contributed by atoms with E-state index in [2.05, 4.69) is 12.2 Å². The van der Waals surface area contributed by atoms with Crippen LogP contribution in [-0.4, -0.2) is 15.5 Å². The highest BCUT2D eigenvalue weighted by Gasteiger charge is 2.15. The zero-order valence-electron chi connectivity index (χ0n) is 17.3. The summed E-state index contributed by atoms with van der Waals surface area (Å²) < 4.78 is 7.86. The summed E-state index contributed by atoms with van der Waals surface area (Å²) in [6.07, 6.45) is 0.861. The third kappa shape index (κ3) is 4.35. The van der Waals surface area contributed by atoms with Crippen LogP contribution in [0.3, 0.4) is 0 Å². The van der Waals surface area contributed by atoms with Gasteiger partial charge >= 0.3 is 0 Å². The van der Waals surface area contributed by atoms with Crippen molar-refractivity contribution >= 4 is 22.6 Å². The zero-order valence-corrected chi connectivity index (χ0v) is 17.3. The number of carbonyl (C=O) groups excluding carboxylic acids is 1. The van der Waals surface area contributed by atoms with Crippen LogP contribution < -0.4 is 10.1 Å². The van der Waals surface area contributed by atoms with Crippen LogP contribution in [0, 0.1) is 6.92 Å². The Morgan fingerprint density at radius 2 is 1.73 bits per heavy atom. The van der Waals surface area contributed by atoms with Crippen molar-refractivity contribution in [3.8, 4) is 5.75 Å². The number of ether oxygens (including phenoxy) is 1. The molecule has 1 amide bonds. The lowest BCUT2D eigenvalue weighted by atomic mass is 10.1. The number of rotatable bonds is 7. The van der Waals surface area contributed by atoms with Crippen LogP contribution in [0.2, 0.25) is 0 Å². The lowest BCUT2D eigenvalue weighted by Gasteiger charge is -2.13. The first-order chi connectivity index (χ1) is 14.6. The van der Waals surface area contributed by atoms with Crippen molar-refractivity contribution in [2.75, 3.05) is 5.32 Å². The van der Waals surface area contributed by atoms with Gasteiger partial charge in [-0.25, -0.2) is 4.98 Å². The maximum atomic E-state index is 12.9. The standard InChI is InChI=1S/C25H25N3O2/c1-3-19-8-4-5-9-21(19)27-25(29)16-28-23-11-7-6-10-22(23)26-24(28)17-30-20-14-12-18(2)13-15-20/h4-15H,3,16-17H2,1-2H3,(H,27,29). The summed E-state index contributed by atoms with van der Waals surface area (Å²) in [5.74, 6) is 1.41. The maximum absolute atomic E-state index is 12.9. The van der Waals surface area contributed by atoms with E-state index < -0.39 is 0 Å². The summed E-state index contributed by atoms with van der Waals surface area (Å²) in [5.41, 5.74) is 4.91. The number of carbonyl (C=O) groups is 1. The van der Waals surface area contributed by atoms with E-state index in [-0.39, 0.29) is 19.1 Å². The predicted octanol–water partition coefficient (Wildman–Crippen LogP) is 5.12. The first kappa shape index (κ1) is 19.7. The molecule has 0 saturated carbocycles. The van der Waals surface area contributed by atoms with Crippen LogP contribution in [-0.2, 0) is 24.4 Å². The molecule has 0 fully saturated rings. The molecule has 0 spiro atoms. The SMILES string of the molecule is CCc1ccccc1NC(=O)Cn1c(COc2ccc(C)cc2)nc2ccccc21. The molecule has 0 atom stereocenters. The number of fused-ring (bicyclic) bond motifs is 1. The Balaban J connectivity index is 1.56. The van der Waals surface area contributed by atoms with Crippen molar-refractivity contribution in [2.24, 2.45) is 0 Å². The molecule has 1 aromatic heterocycles. The number of aromatic nitrogens is 2. The average Bonchev–Trinajstić information content (AvgIpc) is 3.11. The van der Waals surface area contributed by atoms with Gasteiger partial charge in [0.25, 0.3) is 0 Å². The lowest BCUT2D eigenvalue weighted by Crippen LogP contribution is -2.21. The van der Waals surface area contributed by atoms with Crippen molar-refractivity contribution < 1.29 is 9.53 Å². The van der Waals surface area contributed by atoms with Crippen LogP contribution >= 0.6 is 0 Å². The molecule has 4 rings (SSSR count). The molecule has 0 aliphatic carbocycles. The van der Waals surface area contributed by atoms with Gasteiger partial charge in [0.1, 0.15) is 24.7 Å². The number of benzene rings is 3. The maximum Gasteiger partial charge on any atom is 0.244 e. The number of anilines is 1. The summed E-state index contributed by atoms with van der Waals surface area (Å²) in [4.78, 5) is 17.6. The summed E-state index contributed by atoms with van der Waals surface area (Å²) in [6, 6.07) is 23.6. The van der Waals surface area contributed by atoms with Crippen LogP contribution in [0.5, 0.6) is 5.75 Å². The first-order valence-electron chi connectivity index (χ1n) is 10.2. The Labute approximate surface area is 176 Å².